The average Bonchev–Trinajstić information content (AvgIpc) is 2.98. The number of unbranched alkanes of at least 4 members (excludes halogenated alkanes) is 13. The Balaban J connectivity index is -0.000000668. The summed E-state index contributed by atoms with van der Waals surface area (Å²) in [5.41, 5.74) is -5.52. The standard InChI is InChI=1S/C18H36O3.C11H16O7.C3H8O3/c1-2-3-4-5-6-7-8-9-10-11-12-13-14-15-16-17(19)18(20)21;1-6(13)10(17,5-12)11(7(2)14,8(3)15)18-9(4)16;4-1-3(6)2-5/h17,19H,2-16H2,1H3,(H,20,21);12,17H,5H2,1-4H3;3-6H,1-2H2. The molecule has 0 radical (unpaired) electrons. The number of ketones is 3. The van der Waals surface area contributed by atoms with Gasteiger partial charge in [-0.05, 0) is 27.2 Å². The van der Waals surface area contributed by atoms with Crippen molar-refractivity contribution in [2.24, 2.45) is 0 Å². The predicted octanol–water partition coefficient (Wildman–Crippen LogP) is 2.41. The molecule has 0 saturated carbocycles. The molecular formula is C32H60O13. The molecule has 266 valence electrons. The van der Waals surface area contributed by atoms with Gasteiger partial charge in [0.25, 0.3) is 5.60 Å². The van der Waals surface area contributed by atoms with Crippen LogP contribution in [0.1, 0.15) is 131 Å². The third-order valence-electron chi connectivity index (χ3n) is 7.22. The van der Waals surface area contributed by atoms with Crippen LogP contribution < -0.4 is 0 Å². The molecule has 0 aliphatic heterocycles. The van der Waals surface area contributed by atoms with Gasteiger partial charge in [-0.3, -0.25) is 19.2 Å². The van der Waals surface area contributed by atoms with Gasteiger partial charge >= 0.3 is 11.9 Å². The fraction of sp³-hybridized carbons (Fsp3) is 0.844. The van der Waals surface area contributed by atoms with Crippen LogP contribution in [0.25, 0.3) is 0 Å². The average molecular weight is 653 g/mol. The van der Waals surface area contributed by atoms with Crippen molar-refractivity contribution in [3.63, 3.8) is 0 Å². The molecule has 2 atom stereocenters. The number of carbonyl (C=O) groups is 5. The van der Waals surface area contributed by atoms with Gasteiger partial charge in [0.15, 0.2) is 29.1 Å². The smallest absolute Gasteiger partial charge is 0.332 e. The van der Waals surface area contributed by atoms with Crippen LogP contribution in [0, 0.1) is 0 Å². The number of hydrogen-bond acceptors (Lipinski definition) is 12. The van der Waals surface area contributed by atoms with Crippen LogP contribution in [0.2, 0.25) is 0 Å². The van der Waals surface area contributed by atoms with Crippen LogP contribution in [0.3, 0.4) is 0 Å². The first-order chi connectivity index (χ1) is 21.0. The molecule has 0 spiro atoms. The Hall–Kier alpha value is -2.29. The van der Waals surface area contributed by atoms with Gasteiger partial charge in [0.1, 0.15) is 6.10 Å². The topological polar surface area (TPSA) is 236 Å². The SMILES string of the molecule is CC(=O)OC(C(C)=O)(C(C)=O)C(O)(CO)C(C)=O.CCCCCCCCCCCCCCCCC(O)C(=O)O.OCC(O)CO. The molecule has 0 saturated heterocycles. The van der Waals surface area contributed by atoms with Crippen molar-refractivity contribution in [1.82, 2.24) is 0 Å². The van der Waals surface area contributed by atoms with E-state index in [-0.39, 0.29) is 13.2 Å². The van der Waals surface area contributed by atoms with E-state index < -0.39 is 59.3 Å². The second-order valence-corrected chi connectivity index (χ2v) is 11.2. The van der Waals surface area contributed by atoms with Crippen LogP contribution in [0.4, 0.5) is 0 Å². The van der Waals surface area contributed by atoms with E-state index in [1.807, 2.05) is 0 Å². The normalized spacial score (nSPS) is 13.0. The van der Waals surface area contributed by atoms with E-state index in [1.54, 1.807) is 0 Å². The minimum absolute atomic E-state index is 0.365. The molecule has 0 aliphatic carbocycles. The van der Waals surface area contributed by atoms with E-state index >= 15 is 0 Å². The molecule has 2 unspecified atom stereocenters. The summed E-state index contributed by atoms with van der Waals surface area (Å²) in [7, 11) is 0. The second-order valence-electron chi connectivity index (χ2n) is 11.2. The summed E-state index contributed by atoms with van der Waals surface area (Å²) in [5.74, 6) is -5.27. The first kappa shape index (κ1) is 47.1. The zero-order chi connectivity index (χ0) is 35.5. The molecule has 0 heterocycles. The quantitative estimate of drug-likeness (QED) is 0.0451. The summed E-state index contributed by atoms with van der Waals surface area (Å²) in [4.78, 5) is 56.1. The van der Waals surface area contributed by atoms with Crippen molar-refractivity contribution in [2.75, 3.05) is 19.8 Å². The number of aliphatic carboxylic acids is 1. The van der Waals surface area contributed by atoms with Crippen molar-refractivity contribution in [2.45, 2.75) is 154 Å². The monoisotopic (exact) mass is 652 g/mol. The third-order valence-corrected chi connectivity index (χ3v) is 7.22. The summed E-state index contributed by atoms with van der Waals surface area (Å²) in [5, 5.41) is 60.9. The summed E-state index contributed by atoms with van der Waals surface area (Å²) in [6, 6.07) is 0. The van der Waals surface area contributed by atoms with Crippen molar-refractivity contribution < 1.29 is 64.5 Å². The number of carboxylic acid groups (broad SMARTS) is 1. The second kappa shape index (κ2) is 28.0. The number of Topliss-reactive ketones (excluding diaryl/α,β-unsaturated/α-hetero) is 3. The lowest BCUT2D eigenvalue weighted by molar-refractivity contribution is -0.205. The van der Waals surface area contributed by atoms with Crippen LogP contribution in [-0.2, 0) is 28.7 Å². The Morgan fingerprint density at radius 3 is 1.20 bits per heavy atom. The molecule has 0 bridgehead atoms. The molecule has 0 aromatic heterocycles. The van der Waals surface area contributed by atoms with E-state index in [0.717, 1.165) is 40.5 Å². The lowest BCUT2D eigenvalue weighted by atomic mass is 9.75. The third kappa shape index (κ3) is 20.5. The number of carbonyl (C=O) groups excluding carboxylic acids is 4. The van der Waals surface area contributed by atoms with Crippen LogP contribution >= 0.6 is 0 Å². The van der Waals surface area contributed by atoms with Crippen LogP contribution in [0.5, 0.6) is 0 Å². The highest BCUT2D eigenvalue weighted by Gasteiger charge is 2.63. The van der Waals surface area contributed by atoms with E-state index in [9.17, 15) is 29.1 Å². The number of ether oxygens (including phenoxy) is 1. The highest BCUT2D eigenvalue weighted by atomic mass is 16.6. The van der Waals surface area contributed by atoms with Gasteiger partial charge < -0.3 is 40.5 Å². The van der Waals surface area contributed by atoms with Crippen molar-refractivity contribution in [3.8, 4) is 0 Å². The Bertz CT molecular complexity index is 812. The predicted molar refractivity (Wildman–Crippen MR) is 167 cm³/mol. The number of carboxylic acids is 1. The van der Waals surface area contributed by atoms with Gasteiger partial charge in [0.05, 0.1) is 19.8 Å². The maximum absolute atomic E-state index is 11.6. The minimum Gasteiger partial charge on any atom is -0.479 e. The molecule has 7 N–H and O–H groups in total. The molecule has 0 aliphatic rings. The van der Waals surface area contributed by atoms with E-state index in [4.69, 9.17) is 30.6 Å². The lowest BCUT2D eigenvalue weighted by Gasteiger charge is -2.39. The number of hydrogen-bond donors (Lipinski definition) is 7. The summed E-state index contributed by atoms with van der Waals surface area (Å²) in [6.07, 6.45) is 16.3. The van der Waals surface area contributed by atoms with Gasteiger partial charge in [-0.25, -0.2) is 4.79 Å². The molecule has 0 amide bonds. The molecule has 13 heteroatoms. The maximum Gasteiger partial charge on any atom is 0.332 e. The van der Waals surface area contributed by atoms with Gasteiger partial charge in [0, 0.05) is 6.92 Å². The highest BCUT2D eigenvalue weighted by Crippen LogP contribution is 2.30. The Morgan fingerprint density at radius 2 is 0.978 bits per heavy atom. The largest absolute Gasteiger partial charge is 0.479 e. The van der Waals surface area contributed by atoms with Crippen molar-refractivity contribution in [3.05, 3.63) is 0 Å². The Morgan fingerprint density at radius 1 is 0.622 bits per heavy atom. The Labute approximate surface area is 268 Å². The maximum atomic E-state index is 11.6. The fourth-order valence-electron chi connectivity index (χ4n) is 4.46. The van der Waals surface area contributed by atoms with Crippen molar-refractivity contribution >= 4 is 29.3 Å². The van der Waals surface area contributed by atoms with Crippen LogP contribution in [-0.4, -0.2) is 108 Å². The van der Waals surface area contributed by atoms with Crippen LogP contribution in [0.15, 0.2) is 0 Å². The van der Waals surface area contributed by atoms with Crippen molar-refractivity contribution in [1.29, 1.82) is 0 Å². The number of esters is 1. The fourth-order valence-corrected chi connectivity index (χ4v) is 4.46. The zero-order valence-corrected chi connectivity index (χ0v) is 28.0. The van der Waals surface area contributed by atoms with E-state index in [2.05, 4.69) is 11.7 Å². The minimum atomic E-state index is -2.80. The lowest BCUT2D eigenvalue weighted by Crippen LogP contribution is -2.69. The Kier molecular flexibility index (Phi) is 29.3. The summed E-state index contributed by atoms with van der Waals surface area (Å²) in [6.45, 7) is 3.86. The molecule has 0 aromatic rings. The molecule has 13 nitrogen and oxygen atoms in total. The van der Waals surface area contributed by atoms with E-state index in [1.165, 1.54) is 77.0 Å². The number of aliphatic hydroxyl groups is 6. The van der Waals surface area contributed by atoms with Gasteiger partial charge in [-0.15, -0.1) is 0 Å². The first-order valence-electron chi connectivity index (χ1n) is 15.9. The van der Waals surface area contributed by atoms with Gasteiger partial charge in [-0.1, -0.05) is 96.8 Å². The van der Waals surface area contributed by atoms with Gasteiger partial charge in [-0.2, -0.15) is 0 Å². The number of rotatable bonds is 24. The molecule has 0 fully saturated rings. The summed E-state index contributed by atoms with van der Waals surface area (Å²) >= 11 is 0. The van der Waals surface area contributed by atoms with E-state index in [0.29, 0.717) is 6.42 Å². The first-order valence-corrected chi connectivity index (χ1v) is 15.9. The molecular weight excluding hydrogens is 592 g/mol. The summed E-state index contributed by atoms with van der Waals surface area (Å²) < 4.78 is 4.61. The molecule has 0 aromatic carbocycles. The zero-order valence-electron chi connectivity index (χ0n) is 28.0. The number of aliphatic hydroxyl groups excluding tert-OH is 5. The molecule has 45 heavy (non-hydrogen) atoms. The highest BCUT2D eigenvalue weighted by molar-refractivity contribution is 6.15. The molecule has 0 rings (SSSR count). The van der Waals surface area contributed by atoms with Gasteiger partial charge in [0.2, 0.25) is 0 Å².